The number of anilines is 1. The van der Waals surface area contributed by atoms with Gasteiger partial charge in [-0.15, -0.1) is 0 Å². The third-order valence-corrected chi connectivity index (χ3v) is 3.12. The van der Waals surface area contributed by atoms with Crippen LogP contribution in [0.1, 0.15) is 18.1 Å². The first-order chi connectivity index (χ1) is 6.75. The summed E-state index contributed by atoms with van der Waals surface area (Å²) >= 11 is 0. The fourth-order valence-electron chi connectivity index (χ4n) is 2.17. The quantitative estimate of drug-likeness (QED) is 0.725. The largest absolute Gasteiger partial charge is 0.374 e. The van der Waals surface area contributed by atoms with Gasteiger partial charge in [-0.25, -0.2) is 0 Å². The van der Waals surface area contributed by atoms with Gasteiger partial charge in [0, 0.05) is 30.5 Å². The number of hydrogen-bond acceptors (Lipinski definition) is 2. The van der Waals surface area contributed by atoms with Crippen LogP contribution in [-0.4, -0.2) is 13.6 Å². The highest BCUT2D eigenvalue weighted by Gasteiger charge is 2.21. The molecule has 2 heteroatoms. The Morgan fingerprint density at radius 1 is 1.36 bits per heavy atom. The molecule has 0 atom stereocenters. The van der Waals surface area contributed by atoms with E-state index in [2.05, 4.69) is 42.4 Å². The number of benzene rings is 1. The molecule has 0 amide bonds. The summed E-state index contributed by atoms with van der Waals surface area (Å²) in [4.78, 5) is 2.32. The predicted molar refractivity (Wildman–Crippen MR) is 59.1 cm³/mol. The van der Waals surface area contributed by atoms with Gasteiger partial charge in [0.25, 0.3) is 0 Å². The molecule has 0 saturated heterocycles. The highest BCUT2D eigenvalue weighted by molar-refractivity contribution is 5.80. The lowest BCUT2D eigenvalue weighted by Gasteiger charge is -2.11. The molecule has 0 unspecified atom stereocenters. The molecule has 0 aromatic heterocycles. The third-order valence-electron chi connectivity index (χ3n) is 3.12. The average Bonchev–Trinajstić information content (AvgIpc) is 2.80. The number of rotatable bonds is 1. The topological polar surface area (TPSA) is 25.2 Å². The summed E-state index contributed by atoms with van der Waals surface area (Å²) in [5.74, 6) is 0. The van der Waals surface area contributed by atoms with Gasteiger partial charge in [0.2, 0.25) is 0 Å². The van der Waals surface area contributed by atoms with E-state index in [4.69, 9.17) is 0 Å². The summed E-state index contributed by atoms with van der Waals surface area (Å²) in [6.45, 7) is 3.28. The molecule has 0 spiro atoms. The van der Waals surface area contributed by atoms with Gasteiger partial charge in [-0.3, -0.25) is 0 Å². The van der Waals surface area contributed by atoms with Crippen molar-refractivity contribution >= 4 is 11.4 Å². The minimum absolute atomic E-state index is 1.16. The van der Waals surface area contributed by atoms with Crippen LogP contribution >= 0.6 is 0 Å². The van der Waals surface area contributed by atoms with E-state index in [1.807, 2.05) is 0 Å². The van der Waals surface area contributed by atoms with Crippen molar-refractivity contribution < 1.29 is 0 Å². The lowest BCUT2D eigenvalue weighted by molar-refractivity contribution is 0.956. The van der Waals surface area contributed by atoms with E-state index < -0.39 is 0 Å². The van der Waals surface area contributed by atoms with E-state index in [1.54, 1.807) is 0 Å². The number of nitrogens with zero attached hydrogens (tertiary/aromatic N) is 1. The zero-order valence-electron chi connectivity index (χ0n) is 8.59. The molecule has 2 aliphatic heterocycles. The maximum absolute atomic E-state index is 3.27. The minimum atomic E-state index is 1.16. The number of hydrogen-bond donors (Lipinski definition) is 1. The normalized spacial score (nSPS) is 18.3. The molecule has 1 N–H and O–H groups in total. The highest BCUT2D eigenvalue weighted by atomic mass is 15.1. The average molecular weight is 186 g/mol. The molecule has 0 radical (unpaired) electrons. The Morgan fingerprint density at radius 3 is 2.86 bits per heavy atom. The molecular weight excluding hydrogens is 172 g/mol. The fourth-order valence-corrected chi connectivity index (χ4v) is 2.17. The van der Waals surface area contributed by atoms with Crippen molar-refractivity contribution in [3.8, 4) is 0 Å². The third kappa shape index (κ3) is 1.03. The molecule has 0 saturated carbocycles. The van der Waals surface area contributed by atoms with Gasteiger partial charge in [0.1, 0.15) is 0 Å². The molecule has 0 fully saturated rings. The van der Waals surface area contributed by atoms with E-state index >= 15 is 0 Å². The van der Waals surface area contributed by atoms with E-state index in [1.165, 1.54) is 34.6 Å². The Morgan fingerprint density at radius 2 is 2.14 bits per heavy atom. The second-order valence-electron chi connectivity index (χ2n) is 4.14. The maximum atomic E-state index is 3.27. The van der Waals surface area contributed by atoms with E-state index in [0.717, 1.165) is 6.54 Å². The lowest BCUT2D eigenvalue weighted by Crippen LogP contribution is -2.12. The molecule has 2 nitrogen and oxygen atoms in total. The van der Waals surface area contributed by atoms with Crippen molar-refractivity contribution in [2.45, 2.75) is 13.3 Å². The first-order valence-corrected chi connectivity index (χ1v) is 5.08. The van der Waals surface area contributed by atoms with Crippen LogP contribution < -0.4 is 10.2 Å². The van der Waals surface area contributed by atoms with Crippen molar-refractivity contribution in [1.82, 2.24) is 5.32 Å². The van der Waals surface area contributed by atoms with Crippen molar-refractivity contribution in [2.24, 2.45) is 0 Å². The van der Waals surface area contributed by atoms with Gasteiger partial charge >= 0.3 is 0 Å². The second-order valence-corrected chi connectivity index (χ2v) is 4.14. The van der Waals surface area contributed by atoms with Crippen LogP contribution in [0, 0.1) is 0 Å². The van der Waals surface area contributed by atoms with Crippen LogP contribution in [0.4, 0.5) is 5.69 Å². The monoisotopic (exact) mass is 186 g/mol. The zero-order valence-corrected chi connectivity index (χ0v) is 8.59. The van der Waals surface area contributed by atoms with Crippen molar-refractivity contribution in [1.29, 1.82) is 0 Å². The van der Waals surface area contributed by atoms with Crippen LogP contribution in [-0.2, 0) is 6.42 Å². The lowest BCUT2D eigenvalue weighted by atomic mass is 10.1. The molecule has 2 heterocycles. The molecule has 14 heavy (non-hydrogen) atoms. The molecule has 3 rings (SSSR count). The zero-order chi connectivity index (χ0) is 9.71. The number of likely N-dealkylation sites (N-methyl/N-ethyl adjacent to an activating group) is 1. The van der Waals surface area contributed by atoms with Crippen LogP contribution in [0.15, 0.2) is 23.9 Å². The summed E-state index contributed by atoms with van der Waals surface area (Å²) < 4.78 is 0. The predicted octanol–water partition coefficient (Wildman–Crippen LogP) is 1.97. The van der Waals surface area contributed by atoms with E-state index in [0.29, 0.717) is 0 Å². The van der Waals surface area contributed by atoms with Crippen LogP contribution in [0.5, 0.6) is 0 Å². The van der Waals surface area contributed by atoms with Crippen LogP contribution in [0.25, 0.3) is 5.70 Å². The number of fused-ring (bicyclic) bond motifs is 1. The molecule has 1 aromatic rings. The summed E-state index contributed by atoms with van der Waals surface area (Å²) in [6.07, 6.45) is 1.19. The second kappa shape index (κ2) is 2.53. The first kappa shape index (κ1) is 7.92. The Balaban J connectivity index is 2.04. The van der Waals surface area contributed by atoms with Gasteiger partial charge < -0.3 is 10.2 Å². The van der Waals surface area contributed by atoms with Crippen molar-refractivity contribution in [3.05, 3.63) is 35.0 Å². The summed E-state index contributed by atoms with van der Waals surface area (Å²) in [5, 5.41) is 3.27. The molecule has 0 bridgehead atoms. The standard InChI is InChI=1S/C12H14N2/c1-8-12(13-8)10-3-4-11-9(7-10)5-6-14(11)2/h3-4,7,13H,5-6H2,1-2H3. The molecule has 0 aliphatic carbocycles. The Kier molecular flexibility index (Phi) is 1.43. The van der Waals surface area contributed by atoms with E-state index in [9.17, 15) is 0 Å². The van der Waals surface area contributed by atoms with Crippen molar-refractivity contribution in [2.75, 3.05) is 18.5 Å². The molecule has 1 aromatic carbocycles. The van der Waals surface area contributed by atoms with Crippen LogP contribution in [0.2, 0.25) is 0 Å². The van der Waals surface area contributed by atoms with Gasteiger partial charge in [0.15, 0.2) is 0 Å². The highest BCUT2D eigenvalue weighted by Crippen LogP contribution is 2.33. The SMILES string of the molecule is CC1=C(c2ccc3c(c2)CCN3C)N1. The Labute approximate surface area is 84.2 Å². The van der Waals surface area contributed by atoms with Gasteiger partial charge in [-0.2, -0.15) is 0 Å². The van der Waals surface area contributed by atoms with Crippen LogP contribution in [0.3, 0.4) is 0 Å². The molecular formula is C12H14N2. The Hall–Kier alpha value is -1.44. The number of allylic oxidation sites excluding steroid dienone is 1. The Bertz CT molecular complexity index is 432. The fraction of sp³-hybridized carbons (Fsp3) is 0.333. The minimum Gasteiger partial charge on any atom is -0.374 e. The summed E-state index contributed by atoms with van der Waals surface area (Å²) in [5.41, 5.74) is 6.86. The van der Waals surface area contributed by atoms with E-state index in [-0.39, 0.29) is 0 Å². The smallest absolute Gasteiger partial charge is 0.0649 e. The van der Waals surface area contributed by atoms with Crippen molar-refractivity contribution in [3.63, 3.8) is 0 Å². The summed E-state index contributed by atoms with van der Waals surface area (Å²) in [7, 11) is 2.16. The first-order valence-electron chi connectivity index (χ1n) is 5.08. The van der Waals surface area contributed by atoms with Gasteiger partial charge in [-0.05, 0) is 31.0 Å². The van der Waals surface area contributed by atoms with Gasteiger partial charge in [0.05, 0.1) is 5.70 Å². The molecule has 72 valence electrons. The van der Waals surface area contributed by atoms with Gasteiger partial charge in [-0.1, -0.05) is 6.07 Å². The number of nitrogens with one attached hydrogen (secondary N) is 1. The summed E-state index contributed by atoms with van der Waals surface area (Å²) in [6, 6.07) is 6.76. The molecule has 2 aliphatic rings. The maximum Gasteiger partial charge on any atom is 0.0649 e.